The van der Waals surface area contributed by atoms with E-state index in [1.807, 2.05) is 37.3 Å². The Morgan fingerprint density at radius 3 is 2.57 bits per heavy atom. The molecule has 0 aliphatic heterocycles. The molecule has 0 saturated heterocycles. The van der Waals surface area contributed by atoms with Gasteiger partial charge in [-0.2, -0.15) is 5.26 Å². The summed E-state index contributed by atoms with van der Waals surface area (Å²) in [5.74, 6) is 0. The molecule has 0 spiro atoms. The van der Waals surface area contributed by atoms with Crippen LogP contribution in [0.25, 0.3) is 10.9 Å². The topological polar surface area (TPSA) is 52.8 Å². The Labute approximate surface area is 136 Å². The van der Waals surface area contributed by atoms with Crippen molar-refractivity contribution in [3.05, 3.63) is 65.4 Å². The van der Waals surface area contributed by atoms with Crippen LogP contribution < -0.4 is 4.90 Å². The van der Waals surface area contributed by atoms with Crippen LogP contribution in [0.2, 0.25) is 0 Å². The maximum absolute atomic E-state index is 9.48. The molecule has 3 aromatic rings. The van der Waals surface area contributed by atoms with E-state index in [9.17, 15) is 5.26 Å². The van der Waals surface area contributed by atoms with Crippen molar-refractivity contribution in [2.75, 3.05) is 11.4 Å². The molecule has 0 fully saturated rings. The molecule has 4 heteroatoms. The number of nitrogens with zero attached hydrogens (tertiary/aromatic N) is 4. The predicted molar refractivity (Wildman–Crippen MR) is 92.2 cm³/mol. The Balaban J connectivity index is 2.15. The lowest BCUT2D eigenvalue weighted by molar-refractivity contribution is 0.826. The number of anilines is 1. The molecule has 0 unspecified atom stereocenters. The lowest BCUT2D eigenvalue weighted by Crippen LogP contribution is -2.24. The highest BCUT2D eigenvalue weighted by atomic mass is 15.2. The van der Waals surface area contributed by atoms with E-state index in [0.717, 1.165) is 35.2 Å². The van der Waals surface area contributed by atoms with E-state index in [0.29, 0.717) is 5.69 Å². The van der Waals surface area contributed by atoms with Crippen molar-refractivity contribution in [2.45, 2.75) is 20.4 Å². The van der Waals surface area contributed by atoms with Crippen LogP contribution in [0.3, 0.4) is 0 Å². The van der Waals surface area contributed by atoms with E-state index in [4.69, 9.17) is 0 Å². The number of nitriles is 1. The quantitative estimate of drug-likeness (QED) is 0.735. The molecule has 0 aliphatic carbocycles. The zero-order valence-electron chi connectivity index (χ0n) is 13.3. The molecule has 3 rings (SSSR count). The third-order valence-corrected chi connectivity index (χ3v) is 3.91. The summed E-state index contributed by atoms with van der Waals surface area (Å²) >= 11 is 0. The van der Waals surface area contributed by atoms with Crippen LogP contribution in [0.4, 0.5) is 5.69 Å². The van der Waals surface area contributed by atoms with E-state index >= 15 is 0 Å². The molecule has 1 heterocycles. The molecule has 4 nitrogen and oxygen atoms in total. The van der Waals surface area contributed by atoms with Gasteiger partial charge < -0.3 is 4.90 Å². The normalized spacial score (nSPS) is 10.5. The second-order valence-electron chi connectivity index (χ2n) is 5.53. The molecule has 23 heavy (non-hydrogen) atoms. The zero-order valence-corrected chi connectivity index (χ0v) is 13.3. The third-order valence-electron chi connectivity index (χ3n) is 3.91. The van der Waals surface area contributed by atoms with Gasteiger partial charge in [0.05, 0.1) is 11.2 Å². The fourth-order valence-corrected chi connectivity index (χ4v) is 2.75. The summed E-state index contributed by atoms with van der Waals surface area (Å²) in [7, 11) is 0. The molecule has 0 radical (unpaired) electrons. The van der Waals surface area contributed by atoms with Gasteiger partial charge in [-0.25, -0.2) is 0 Å². The smallest absolute Gasteiger partial charge is 0.187 e. The SMILES string of the molecule is CCN(Cc1ccccc1)c1c(C#N)nnc2ccc(C)cc12. The van der Waals surface area contributed by atoms with Gasteiger partial charge in [0.1, 0.15) is 6.07 Å². The van der Waals surface area contributed by atoms with Crippen molar-refractivity contribution in [1.82, 2.24) is 10.2 Å². The number of fused-ring (bicyclic) bond motifs is 1. The summed E-state index contributed by atoms with van der Waals surface area (Å²) in [6, 6.07) is 18.5. The highest BCUT2D eigenvalue weighted by Crippen LogP contribution is 2.29. The maximum Gasteiger partial charge on any atom is 0.187 e. The van der Waals surface area contributed by atoms with Gasteiger partial charge in [0.15, 0.2) is 5.69 Å². The Kier molecular flexibility index (Phi) is 4.20. The lowest BCUT2D eigenvalue weighted by Gasteiger charge is -2.25. The van der Waals surface area contributed by atoms with Crippen LogP contribution in [0.1, 0.15) is 23.7 Å². The van der Waals surface area contributed by atoms with Gasteiger partial charge in [-0.3, -0.25) is 0 Å². The second kappa shape index (κ2) is 6.45. The number of benzene rings is 2. The van der Waals surface area contributed by atoms with Crippen molar-refractivity contribution in [1.29, 1.82) is 5.26 Å². The molecule has 114 valence electrons. The maximum atomic E-state index is 9.48. The van der Waals surface area contributed by atoms with Crippen molar-refractivity contribution < 1.29 is 0 Å². The molecular weight excluding hydrogens is 284 g/mol. The number of hydrogen-bond donors (Lipinski definition) is 0. The van der Waals surface area contributed by atoms with E-state index in [1.54, 1.807) is 0 Å². The van der Waals surface area contributed by atoms with Gasteiger partial charge in [0.2, 0.25) is 0 Å². The number of aromatic nitrogens is 2. The summed E-state index contributed by atoms with van der Waals surface area (Å²) in [5.41, 5.74) is 4.41. The van der Waals surface area contributed by atoms with Crippen molar-refractivity contribution in [3.63, 3.8) is 0 Å². The Morgan fingerprint density at radius 2 is 1.87 bits per heavy atom. The summed E-state index contributed by atoms with van der Waals surface area (Å²) < 4.78 is 0. The highest BCUT2D eigenvalue weighted by Gasteiger charge is 2.17. The average molecular weight is 302 g/mol. The van der Waals surface area contributed by atoms with Gasteiger partial charge in [-0.05, 0) is 31.5 Å². The molecule has 2 aromatic carbocycles. The number of aryl methyl sites for hydroxylation is 1. The number of rotatable bonds is 4. The van der Waals surface area contributed by atoms with Gasteiger partial charge in [-0.1, -0.05) is 42.0 Å². The monoisotopic (exact) mass is 302 g/mol. The molecule has 0 amide bonds. The standard InChI is InChI=1S/C19H18N4/c1-3-23(13-15-7-5-4-6-8-15)19-16-11-14(2)9-10-17(16)21-22-18(19)12-20/h4-11H,3,13H2,1-2H3. The summed E-state index contributed by atoms with van der Waals surface area (Å²) in [6.45, 7) is 5.66. The minimum absolute atomic E-state index is 0.376. The van der Waals surface area contributed by atoms with Crippen LogP contribution in [-0.4, -0.2) is 16.7 Å². The first-order valence-electron chi connectivity index (χ1n) is 7.69. The Hall–Kier alpha value is -2.93. The fraction of sp³-hybridized carbons (Fsp3) is 0.211. The van der Waals surface area contributed by atoms with E-state index in [1.165, 1.54) is 5.56 Å². The van der Waals surface area contributed by atoms with Gasteiger partial charge in [0, 0.05) is 18.5 Å². The highest BCUT2D eigenvalue weighted by molar-refractivity contribution is 5.93. The first-order valence-corrected chi connectivity index (χ1v) is 7.69. The summed E-state index contributed by atoms with van der Waals surface area (Å²) in [4.78, 5) is 2.18. The lowest BCUT2D eigenvalue weighted by atomic mass is 10.1. The summed E-state index contributed by atoms with van der Waals surface area (Å²) in [6.07, 6.45) is 0. The molecule has 0 atom stereocenters. The minimum atomic E-state index is 0.376. The van der Waals surface area contributed by atoms with Gasteiger partial charge >= 0.3 is 0 Å². The Morgan fingerprint density at radius 1 is 1.09 bits per heavy atom. The molecule has 0 aliphatic rings. The van der Waals surface area contributed by atoms with Crippen LogP contribution in [-0.2, 0) is 6.54 Å². The average Bonchev–Trinajstić information content (AvgIpc) is 2.59. The fourth-order valence-electron chi connectivity index (χ4n) is 2.75. The van der Waals surface area contributed by atoms with Crippen LogP contribution in [0, 0.1) is 18.3 Å². The largest absolute Gasteiger partial charge is 0.365 e. The van der Waals surface area contributed by atoms with Crippen molar-refractivity contribution in [2.24, 2.45) is 0 Å². The van der Waals surface area contributed by atoms with Crippen LogP contribution in [0.5, 0.6) is 0 Å². The first-order chi connectivity index (χ1) is 11.2. The van der Waals surface area contributed by atoms with E-state index < -0.39 is 0 Å². The zero-order chi connectivity index (χ0) is 16.2. The van der Waals surface area contributed by atoms with Crippen LogP contribution >= 0.6 is 0 Å². The summed E-state index contributed by atoms with van der Waals surface area (Å²) in [5, 5.41) is 18.8. The third kappa shape index (κ3) is 3.00. The molecule has 0 saturated carbocycles. The molecule has 1 aromatic heterocycles. The Bertz CT molecular complexity index is 866. The van der Waals surface area contributed by atoms with Gasteiger partial charge in [0.25, 0.3) is 0 Å². The number of hydrogen-bond acceptors (Lipinski definition) is 4. The molecular formula is C19H18N4. The van der Waals surface area contributed by atoms with E-state index in [2.05, 4.69) is 46.3 Å². The molecule has 0 N–H and O–H groups in total. The van der Waals surface area contributed by atoms with Crippen molar-refractivity contribution in [3.8, 4) is 6.07 Å². The first kappa shape index (κ1) is 15.0. The van der Waals surface area contributed by atoms with Gasteiger partial charge in [-0.15, -0.1) is 10.2 Å². The predicted octanol–water partition coefficient (Wildman–Crippen LogP) is 3.84. The minimum Gasteiger partial charge on any atom is -0.365 e. The second-order valence-corrected chi connectivity index (χ2v) is 5.53. The van der Waals surface area contributed by atoms with Crippen LogP contribution in [0.15, 0.2) is 48.5 Å². The molecule has 0 bridgehead atoms. The van der Waals surface area contributed by atoms with E-state index in [-0.39, 0.29) is 0 Å². The van der Waals surface area contributed by atoms with Crippen molar-refractivity contribution >= 4 is 16.6 Å².